The Bertz CT molecular complexity index is 1460. The van der Waals surface area contributed by atoms with Crippen molar-refractivity contribution in [1.82, 2.24) is 0 Å². The maximum Gasteiger partial charge on any atom is 0.339 e. The average Bonchev–Trinajstić information content (AvgIpc) is 3.16. The molecule has 4 aliphatic carbocycles. The number of fused-ring (bicyclic) bond motifs is 5. The van der Waals surface area contributed by atoms with E-state index in [1.165, 1.54) is 43.3 Å². The molecule has 5 rings (SSSR count). The third-order valence-electron chi connectivity index (χ3n) is 10.3. The first-order chi connectivity index (χ1) is 20.2. The summed E-state index contributed by atoms with van der Waals surface area (Å²) in [5.41, 5.74) is -7.48. The molecule has 0 aromatic heterocycles. The van der Waals surface area contributed by atoms with Gasteiger partial charge in [-0.1, -0.05) is 49.5 Å². The van der Waals surface area contributed by atoms with Gasteiger partial charge in [0.2, 0.25) is 5.12 Å². The molecule has 3 saturated carbocycles. The molecule has 0 heterocycles. The molecule has 230 valence electrons. The van der Waals surface area contributed by atoms with E-state index in [0.717, 1.165) is 6.08 Å². The first kappa shape index (κ1) is 31.8. The first-order valence-electron chi connectivity index (χ1n) is 13.9. The molecule has 0 amide bonds. The summed E-state index contributed by atoms with van der Waals surface area (Å²) in [6.45, 7) is 4.77. The van der Waals surface area contributed by atoms with E-state index in [0.29, 0.717) is 11.8 Å². The highest BCUT2D eigenvalue weighted by atomic mass is 32.2. The van der Waals surface area contributed by atoms with Crippen molar-refractivity contribution < 1.29 is 41.8 Å². The third kappa shape index (κ3) is 4.60. The number of nitrogens with zero attached hydrogens (tertiary/aromatic N) is 1. The van der Waals surface area contributed by atoms with Crippen molar-refractivity contribution in [2.45, 2.75) is 74.2 Å². The second-order valence-electron chi connectivity index (χ2n) is 12.3. The third-order valence-corrected chi connectivity index (χ3v) is 11.8. The van der Waals surface area contributed by atoms with Crippen LogP contribution in [-0.4, -0.2) is 57.0 Å². The molecule has 0 spiro atoms. The quantitative estimate of drug-likeness (QED) is 0.222. The van der Waals surface area contributed by atoms with Crippen LogP contribution in [0.15, 0.2) is 53.0 Å². The lowest BCUT2D eigenvalue weighted by Crippen LogP contribution is -2.70. The van der Waals surface area contributed by atoms with Gasteiger partial charge in [-0.2, -0.15) is 14.0 Å². The van der Waals surface area contributed by atoms with Gasteiger partial charge < -0.3 is 9.84 Å². The number of allylic oxidation sites excluding steroid dienone is 4. The minimum atomic E-state index is -2.73. The molecule has 1 aromatic carbocycles. The van der Waals surface area contributed by atoms with Crippen LogP contribution in [0.25, 0.3) is 0 Å². The Labute approximate surface area is 255 Å². The molecule has 0 saturated heterocycles. The standard InChI is InChI=1S/C31H31F4NO5S2/c1-16-11-20-21-14-23(32)22-13-18(37)7-8-28(22,2)30(21,35)24(38)15-29(20,3)31(16,26(40)42-10-9-36)41-25(39)17-5-4-6-19(12-17)43-27(33)34/h4-8,12-13,16,20-21,23-24,27,38H,10-11,14-15H2,1-3H3/t16-,20+,21+,23+,24-,28+,29+,30+,31-/m1/s1. The number of thioether (sulfide) groups is 2. The van der Waals surface area contributed by atoms with E-state index in [9.17, 15) is 33.5 Å². The van der Waals surface area contributed by atoms with Gasteiger partial charge >= 0.3 is 5.97 Å². The van der Waals surface area contributed by atoms with E-state index in [4.69, 9.17) is 4.74 Å². The summed E-state index contributed by atoms with van der Waals surface area (Å²) in [5.74, 6) is -7.01. The van der Waals surface area contributed by atoms with E-state index in [-0.39, 0.29) is 52.8 Å². The number of hydrogen-bond acceptors (Lipinski definition) is 8. The summed E-state index contributed by atoms with van der Waals surface area (Å²) in [5, 5.41) is 20.2. The zero-order valence-corrected chi connectivity index (χ0v) is 25.3. The number of carbonyl (C=O) groups excluding carboxylic acids is 3. The van der Waals surface area contributed by atoms with Crippen LogP contribution in [0.5, 0.6) is 0 Å². The van der Waals surface area contributed by atoms with Gasteiger partial charge in [0, 0.05) is 27.6 Å². The smallest absolute Gasteiger partial charge is 0.339 e. The van der Waals surface area contributed by atoms with Gasteiger partial charge in [0.1, 0.15) is 6.17 Å². The molecule has 1 N–H and O–H groups in total. The number of nitriles is 1. The number of carbonyl (C=O) groups is 3. The first-order valence-corrected chi connectivity index (χ1v) is 15.8. The zero-order chi connectivity index (χ0) is 31.5. The maximum absolute atomic E-state index is 17.6. The number of aliphatic hydroxyl groups is 1. The van der Waals surface area contributed by atoms with Crippen LogP contribution < -0.4 is 0 Å². The Morgan fingerprint density at radius 1 is 1.23 bits per heavy atom. The van der Waals surface area contributed by atoms with Crippen LogP contribution in [0.4, 0.5) is 17.6 Å². The molecule has 0 bridgehead atoms. The van der Waals surface area contributed by atoms with Crippen molar-refractivity contribution in [3.05, 3.63) is 53.6 Å². The van der Waals surface area contributed by atoms with Gasteiger partial charge in [0.25, 0.3) is 5.76 Å². The monoisotopic (exact) mass is 637 g/mol. The van der Waals surface area contributed by atoms with Gasteiger partial charge in [0.05, 0.1) is 23.5 Å². The fourth-order valence-electron chi connectivity index (χ4n) is 8.43. The number of ether oxygens (including phenoxy) is 1. The lowest BCUT2D eigenvalue weighted by Gasteiger charge is -2.63. The van der Waals surface area contributed by atoms with E-state index < -0.39 is 74.8 Å². The Morgan fingerprint density at radius 2 is 1.95 bits per heavy atom. The van der Waals surface area contributed by atoms with E-state index >= 15 is 8.78 Å². The minimum absolute atomic E-state index is 0.0349. The fraction of sp³-hybridized carbons (Fsp3) is 0.548. The normalized spacial score (nSPS) is 39.8. The molecule has 0 aliphatic heterocycles. The highest BCUT2D eigenvalue weighted by molar-refractivity contribution is 8.14. The molecule has 0 unspecified atom stereocenters. The SMILES string of the molecule is C[C@@H]1C[C@H]2[C@@H]3C[C@H](F)C4=CC(=O)C=C[C@]4(C)[C@@]3(F)[C@H](O)C[C@]2(C)[C@]1(OC(=O)c1cccc(SC(F)F)c1)C(=O)SCC#N. The number of halogens is 4. The van der Waals surface area contributed by atoms with Crippen LogP contribution in [-0.2, 0) is 14.3 Å². The summed E-state index contributed by atoms with van der Waals surface area (Å²) in [6, 6.07) is 7.27. The topological polar surface area (TPSA) is 104 Å². The lowest BCUT2D eigenvalue weighted by atomic mass is 9.44. The van der Waals surface area contributed by atoms with Crippen molar-refractivity contribution in [2.75, 3.05) is 5.75 Å². The van der Waals surface area contributed by atoms with Crippen molar-refractivity contribution >= 4 is 40.4 Å². The number of benzene rings is 1. The van der Waals surface area contributed by atoms with Crippen LogP contribution in [0.2, 0.25) is 0 Å². The maximum atomic E-state index is 17.6. The largest absolute Gasteiger partial charge is 0.446 e. The molecule has 43 heavy (non-hydrogen) atoms. The predicted molar refractivity (Wildman–Crippen MR) is 153 cm³/mol. The van der Waals surface area contributed by atoms with Gasteiger partial charge in [-0.3, -0.25) is 9.59 Å². The molecule has 0 radical (unpaired) electrons. The van der Waals surface area contributed by atoms with Crippen LogP contribution in [0, 0.1) is 39.9 Å². The Hall–Kier alpha value is -2.62. The van der Waals surface area contributed by atoms with Gasteiger partial charge in [-0.05, 0) is 68.0 Å². The fourth-order valence-corrected chi connectivity index (χ4v) is 9.87. The number of rotatable bonds is 6. The minimum Gasteiger partial charge on any atom is -0.446 e. The Kier molecular flexibility index (Phi) is 8.19. The molecule has 1 aromatic rings. The molecular formula is C31H31F4NO5S2. The molecular weight excluding hydrogens is 606 g/mol. The second-order valence-corrected chi connectivity index (χ2v) is 14.3. The summed E-state index contributed by atoms with van der Waals surface area (Å²) in [7, 11) is 0. The van der Waals surface area contributed by atoms with Crippen LogP contribution >= 0.6 is 23.5 Å². The average molecular weight is 638 g/mol. The highest BCUT2D eigenvalue weighted by Crippen LogP contribution is 2.72. The Morgan fingerprint density at radius 3 is 2.63 bits per heavy atom. The molecule has 6 nitrogen and oxygen atoms in total. The summed E-state index contributed by atoms with van der Waals surface area (Å²) in [6.07, 6.45) is -0.365. The molecule has 9 atom stereocenters. The van der Waals surface area contributed by atoms with E-state index in [1.54, 1.807) is 13.8 Å². The Balaban J connectivity index is 1.60. The second kappa shape index (κ2) is 11.1. The van der Waals surface area contributed by atoms with Crippen LogP contribution in [0.3, 0.4) is 0 Å². The van der Waals surface area contributed by atoms with Gasteiger partial charge in [-0.25, -0.2) is 13.6 Å². The van der Waals surface area contributed by atoms with E-state index in [1.807, 2.05) is 6.07 Å². The van der Waals surface area contributed by atoms with E-state index in [2.05, 4.69) is 0 Å². The lowest BCUT2D eigenvalue weighted by molar-refractivity contribution is -0.221. The number of esters is 1. The van der Waals surface area contributed by atoms with Crippen molar-refractivity contribution in [3.8, 4) is 6.07 Å². The molecule has 3 fully saturated rings. The number of aliphatic hydroxyl groups excluding tert-OH is 1. The van der Waals surface area contributed by atoms with Crippen molar-refractivity contribution in [2.24, 2.45) is 28.6 Å². The van der Waals surface area contributed by atoms with Crippen LogP contribution in [0.1, 0.15) is 50.4 Å². The molecule has 12 heteroatoms. The zero-order valence-electron chi connectivity index (χ0n) is 23.7. The summed E-state index contributed by atoms with van der Waals surface area (Å²) < 4.78 is 65.5. The summed E-state index contributed by atoms with van der Waals surface area (Å²) in [4.78, 5) is 39.9. The number of alkyl halides is 4. The molecule has 4 aliphatic rings. The van der Waals surface area contributed by atoms with Crippen molar-refractivity contribution in [1.29, 1.82) is 5.26 Å². The van der Waals surface area contributed by atoms with Crippen molar-refractivity contribution in [3.63, 3.8) is 0 Å². The van der Waals surface area contributed by atoms with Gasteiger partial charge in [-0.15, -0.1) is 0 Å². The summed E-state index contributed by atoms with van der Waals surface area (Å²) >= 11 is 0.878. The van der Waals surface area contributed by atoms with Gasteiger partial charge in [0.15, 0.2) is 17.1 Å². The number of ketones is 1. The highest BCUT2D eigenvalue weighted by Gasteiger charge is 2.78. The number of hydrogen-bond donors (Lipinski definition) is 1. The predicted octanol–water partition coefficient (Wildman–Crippen LogP) is 6.25.